The number of amides is 1. The van der Waals surface area contributed by atoms with Gasteiger partial charge in [0.2, 0.25) is 5.76 Å². The van der Waals surface area contributed by atoms with Crippen LogP contribution in [0.3, 0.4) is 0 Å². The molecule has 1 aromatic heterocycles. The molecule has 0 saturated carbocycles. The Morgan fingerprint density at radius 1 is 0.938 bits per heavy atom. The van der Waals surface area contributed by atoms with Crippen molar-refractivity contribution < 1.29 is 14.0 Å². The fourth-order valence-electron chi connectivity index (χ4n) is 4.06. The SMILES string of the molecule is CC(=O)c1ccc(N2C(=O)c3oc4ccc(Br)cc4c(=O)c3C2c2cccc(Br)c2)cc1. The molecule has 0 N–H and O–H groups in total. The smallest absolute Gasteiger partial charge is 0.295 e. The van der Waals surface area contributed by atoms with E-state index >= 15 is 0 Å². The molecule has 4 aromatic rings. The topological polar surface area (TPSA) is 67.6 Å². The third kappa shape index (κ3) is 3.32. The van der Waals surface area contributed by atoms with Gasteiger partial charge in [-0.25, -0.2) is 0 Å². The number of anilines is 1. The Balaban J connectivity index is 1.79. The predicted octanol–water partition coefficient (Wildman–Crippen LogP) is 6.27. The average molecular weight is 553 g/mol. The molecule has 158 valence electrons. The lowest BCUT2D eigenvalue weighted by Crippen LogP contribution is -2.29. The third-order valence-electron chi connectivity index (χ3n) is 5.55. The molecule has 1 unspecified atom stereocenters. The summed E-state index contributed by atoms with van der Waals surface area (Å²) in [5, 5.41) is 0.402. The first kappa shape index (κ1) is 20.8. The van der Waals surface area contributed by atoms with Crippen LogP contribution >= 0.6 is 31.9 Å². The summed E-state index contributed by atoms with van der Waals surface area (Å²) in [5.41, 5.74) is 2.29. The molecule has 0 spiro atoms. The highest BCUT2D eigenvalue weighted by molar-refractivity contribution is 9.10. The highest BCUT2D eigenvalue weighted by atomic mass is 79.9. The number of Topliss-reactive ketones (excluding diaryl/α,β-unsaturated/α-hetero) is 1. The van der Waals surface area contributed by atoms with E-state index in [1.54, 1.807) is 47.4 Å². The Morgan fingerprint density at radius 3 is 2.34 bits per heavy atom. The first-order valence-corrected chi connectivity index (χ1v) is 11.4. The van der Waals surface area contributed by atoms with Crippen LogP contribution in [-0.2, 0) is 0 Å². The summed E-state index contributed by atoms with van der Waals surface area (Å²) >= 11 is 6.89. The number of hydrogen-bond donors (Lipinski definition) is 0. The number of ketones is 1. The molecule has 1 aliphatic heterocycles. The van der Waals surface area contributed by atoms with E-state index in [9.17, 15) is 14.4 Å². The van der Waals surface area contributed by atoms with Crippen LogP contribution in [0.25, 0.3) is 11.0 Å². The van der Waals surface area contributed by atoms with E-state index in [0.29, 0.717) is 27.8 Å². The van der Waals surface area contributed by atoms with Crippen molar-refractivity contribution in [3.8, 4) is 0 Å². The Kier molecular flexibility index (Phi) is 5.10. The number of halogens is 2. The van der Waals surface area contributed by atoms with E-state index in [1.807, 2.05) is 24.3 Å². The minimum Gasteiger partial charge on any atom is -0.450 e. The van der Waals surface area contributed by atoms with Gasteiger partial charge in [0.15, 0.2) is 11.2 Å². The van der Waals surface area contributed by atoms with Gasteiger partial charge in [0.25, 0.3) is 5.91 Å². The number of carbonyl (C=O) groups is 2. The molecule has 1 atom stereocenters. The summed E-state index contributed by atoms with van der Waals surface area (Å²) in [6.45, 7) is 1.49. The highest BCUT2D eigenvalue weighted by Gasteiger charge is 2.43. The Labute approximate surface area is 199 Å². The maximum Gasteiger partial charge on any atom is 0.295 e. The van der Waals surface area contributed by atoms with Gasteiger partial charge in [-0.05, 0) is 67.1 Å². The molecule has 1 aliphatic rings. The maximum absolute atomic E-state index is 13.6. The third-order valence-corrected chi connectivity index (χ3v) is 6.54. The number of benzene rings is 3. The van der Waals surface area contributed by atoms with E-state index in [4.69, 9.17) is 4.42 Å². The average Bonchev–Trinajstić information content (AvgIpc) is 3.07. The monoisotopic (exact) mass is 551 g/mol. The minimum absolute atomic E-state index is 0.0328. The van der Waals surface area contributed by atoms with Crippen LogP contribution in [0.4, 0.5) is 5.69 Å². The van der Waals surface area contributed by atoms with Crippen LogP contribution in [0.1, 0.15) is 45.0 Å². The zero-order valence-electron chi connectivity index (χ0n) is 16.8. The standard InChI is InChI=1S/C25H15Br2NO4/c1-13(29)14-5-8-18(9-6-14)28-22(15-3-2-4-16(26)11-15)21-23(30)19-12-17(27)7-10-20(19)32-24(21)25(28)31/h2-12,22H,1H3. The summed E-state index contributed by atoms with van der Waals surface area (Å²) < 4.78 is 7.55. The molecule has 7 heteroatoms. The highest BCUT2D eigenvalue weighted by Crippen LogP contribution is 2.41. The van der Waals surface area contributed by atoms with E-state index in [2.05, 4.69) is 31.9 Å². The van der Waals surface area contributed by atoms with Gasteiger partial charge in [0, 0.05) is 20.2 Å². The lowest BCUT2D eigenvalue weighted by molar-refractivity contribution is 0.0970. The van der Waals surface area contributed by atoms with Crippen LogP contribution in [-0.4, -0.2) is 11.7 Å². The minimum atomic E-state index is -0.669. The Hall–Kier alpha value is -3.03. The van der Waals surface area contributed by atoms with Gasteiger partial charge >= 0.3 is 0 Å². The van der Waals surface area contributed by atoms with Gasteiger partial charge in [-0.15, -0.1) is 0 Å². The largest absolute Gasteiger partial charge is 0.450 e. The van der Waals surface area contributed by atoms with Crippen molar-refractivity contribution in [2.45, 2.75) is 13.0 Å². The van der Waals surface area contributed by atoms with Crippen LogP contribution in [0.5, 0.6) is 0 Å². The Bertz CT molecular complexity index is 1470. The lowest BCUT2D eigenvalue weighted by Gasteiger charge is -2.25. The second-order valence-corrected chi connectivity index (χ2v) is 9.38. The lowest BCUT2D eigenvalue weighted by atomic mass is 9.98. The van der Waals surface area contributed by atoms with Crippen molar-refractivity contribution in [3.63, 3.8) is 0 Å². The van der Waals surface area contributed by atoms with Crippen LogP contribution in [0.2, 0.25) is 0 Å². The van der Waals surface area contributed by atoms with Crippen molar-refractivity contribution in [3.05, 3.63) is 108 Å². The van der Waals surface area contributed by atoms with Gasteiger partial charge < -0.3 is 4.42 Å². The molecule has 0 radical (unpaired) electrons. The Morgan fingerprint density at radius 2 is 1.66 bits per heavy atom. The summed E-state index contributed by atoms with van der Waals surface area (Å²) in [6, 6.07) is 18.8. The molecule has 3 aromatic carbocycles. The van der Waals surface area contributed by atoms with Crippen LogP contribution < -0.4 is 10.3 Å². The molecule has 5 nitrogen and oxygen atoms in total. The number of fused-ring (bicyclic) bond motifs is 2. The van der Waals surface area contributed by atoms with Crippen LogP contribution in [0, 0.1) is 0 Å². The molecular weight excluding hydrogens is 538 g/mol. The molecule has 1 amide bonds. The van der Waals surface area contributed by atoms with Crippen molar-refractivity contribution in [2.75, 3.05) is 4.90 Å². The van der Waals surface area contributed by atoms with Gasteiger partial charge in [0.05, 0.1) is 17.0 Å². The molecule has 0 fully saturated rings. The second-order valence-electron chi connectivity index (χ2n) is 7.55. The van der Waals surface area contributed by atoms with Crippen molar-refractivity contribution in [1.29, 1.82) is 0 Å². The molecule has 32 heavy (non-hydrogen) atoms. The fourth-order valence-corrected chi connectivity index (χ4v) is 4.84. The van der Waals surface area contributed by atoms with Gasteiger partial charge in [-0.3, -0.25) is 19.3 Å². The first-order valence-electron chi connectivity index (χ1n) is 9.81. The molecule has 5 rings (SSSR count). The molecule has 0 saturated heterocycles. The summed E-state index contributed by atoms with van der Waals surface area (Å²) in [4.78, 5) is 40.4. The molecule has 2 heterocycles. The normalized spacial score (nSPS) is 15.3. The molecule has 0 bridgehead atoms. The van der Waals surface area contributed by atoms with Crippen molar-refractivity contribution in [1.82, 2.24) is 0 Å². The fraction of sp³-hybridized carbons (Fsp3) is 0.0800. The second kappa shape index (κ2) is 7.83. The summed E-state index contributed by atoms with van der Waals surface area (Å²) in [7, 11) is 0. The maximum atomic E-state index is 13.6. The van der Waals surface area contributed by atoms with E-state index < -0.39 is 11.9 Å². The quantitative estimate of drug-likeness (QED) is 0.281. The predicted molar refractivity (Wildman–Crippen MR) is 129 cm³/mol. The van der Waals surface area contributed by atoms with Gasteiger partial charge in [-0.2, -0.15) is 0 Å². The van der Waals surface area contributed by atoms with Crippen molar-refractivity contribution in [2.24, 2.45) is 0 Å². The van der Waals surface area contributed by atoms with E-state index in [-0.39, 0.29) is 17.0 Å². The summed E-state index contributed by atoms with van der Waals surface area (Å²) in [5.74, 6) is -0.433. The number of carbonyl (C=O) groups excluding carboxylic acids is 2. The molecule has 0 aliphatic carbocycles. The molecular formula is C25H15Br2NO4. The number of hydrogen-bond acceptors (Lipinski definition) is 4. The van der Waals surface area contributed by atoms with Crippen molar-refractivity contribution >= 4 is 60.2 Å². The zero-order valence-corrected chi connectivity index (χ0v) is 19.9. The first-order chi connectivity index (χ1) is 15.3. The summed E-state index contributed by atoms with van der Waals surface area (Å²) in [6.07, 6.45) is 0. The van der Waals surface area contributed by atoms with Gasteiger partial charge in [0.1, 0.15) is 5.58 Å². The van der Waals surface area contributed by atoms with E-state index in [1.165, 1.54) is 6.92 Å². The number of rotatable bonds is 3. The zero-order chi connectivity index (χ0) is 22.6. The van der Waals surface area contributed by atoms with Crippen LogP contribution in [0.15, 0.2) is 84.9 Å². The number of nitrogens with zero attached hydrogens (tertiary/aromatic N) is 1. The van der Waals surface area contributed by atoms with Gasteiger partial charge in [-0.1, -0.05) is 44.0 Å². The van der Waals surface area contributed by atoms with E-state index in [0.717, 1.165) is 14.5 Å².